The summed E-state index contributed by atoms with van der Waals surface area (Å²) in [5.74, 6) is 0.802. The van der Waals surface area contributed by atoms with Crippen molar-refractivity contribution in [3.05, 3.63) is 47.3 Å². The Morgan fingerprint density at radius 2 is 2.09 bits per heavy atom. The van der Waals surface area contributed by atoms with Crippen LogP contribution in [0.4, 0.5) is 0 Å². The van der Waals surface area contributed by atoms with Crippen LogP contribution in [0.3, 0.4) is 0 Å². The molecule has 0 saturated carbocycles. The van der Waals surface area contributed by atoms with Gasteiger partial charge in [0.25, 0.3) is 0 Å². The second kappa shape index (κ2) is 6.10. The molecule has 0 amide bonds. The normalized spacial score (nSPS) is 22.1. The SMILES string of the molecule is Cc1n[nH]c(C)c1CN1CC[C@](O)(COc2ccccc2)C1. The summed E-state index contributed by atoms with van der Waals surface area (Å²) in [6, 6.07) is 9.65. The minimum absolute atomic E-state index is 0.330. The number of hydrogen-bond acceptors (Lipinski definition) is 4. The van der Waals surface area contributed by atoms with Crippen LogP contribution in [0.1, 0.15) is 23.4 Å². The van der Waals surface area contributed by atoms with Crippen molar-refractivity contribution in [2.75, 3.05) is 19.7 Å². The van der Waals surface area contributed by atoms with Gasteiger partial charge >= 0.3 is 0 Å². The summed E-state index contributed by atoms with van der Waals surface area (Å²) >= 11 is 0. The van der Waals surface area contributed by atoms with E-state index in [1.807, 2.05) is 44.2 Å². The second-order valence-electron chi connectivity index (χ2n) is 6.20. The molecule has 5 nitrogen and oxygen atoms in total. The van der Waals surface area contributed by atoms with E-state index in [0.29, 0.717) is 13.2 Å². The topological polar surface area (TPSA) is 61.4 Å². The first-order valence-electron chi connectivity index (χ1n) is 7.69. The van der Waals surface area contributed by atoms with Gasteiger partial charge in [0.1, 0.15) is 18.0 Å². The zero-order valence-electron chi connectivity index (χ0n) is 13.2. The van der Waals surface area contributed by atoms with Crippen LogP contribution in [0.2, 0.25) is 0 Å². The summed E-state index contributed by atoms with van der Waals surface area (Å²) in [4.78, 5) is 2.26. The number of aromatic amines is 1. The Hall–Kier alpha value is -1.85. The van der Waals surface area contributed by atoms with E-state index in [2.05, 4.69) is 15.1 Å². The van der Waals surface area contributed by atoms with Gasteiger partial charge in [-0.05, 0) is 32.4 Å². The number of nitrogens with zero attached hydrogens (tertiary/aromatic N) is 2. The van der Waals surface area contributed by atoms with Crippen LogP contribution in [-0.4, -0.2) is 45.5 Å². The van der Waals surface area contributed by atoms with Gasteiger partial charge in [-0.25, -0.2) is 0 Å². The number of benzene rings is 1. The third-order valence-electron chi connectivity index (χ3n) is 4.32. The van der Waals surface area contributed by atoms with E-state index in [4.69, 9.17) is 4.74 Å². The van der Waals surface area contributed by atoms with E-state index in [1.54, 1.807) is 0 Å². The largest absolute Gasteiger partial charge is 0.491 e. The molecular weight excluding hydrogens is 278 g/mol. The smallest absolute Gasteiger partial charge is 0.119 e. The third kappa shape index (κ3) is 3.31. The second-order valence-corrected chi connectivity index (χ2v) is 6.20. The lowest BCUT2D eigenvalue weighted by Gasteiger charge is -2.23. The lowest BCUT2D eigenvalue weighted by Crippen LogP contribution is -2.39. The number of H-pyrrole nitrogens is 1. The van der Waals surface area contributed by atoms with Crippen LogP contribution < -0.4 is 4.74 Å². The number of likely N-dealkylation sites (tertiary alicyclic amines) is 1. The van der Waals surface area contributed by atoms with Gasteiger partial charge in [-0.3, -0.25) is 10.00 Å². The van der Waals surface area contributed by atoms with Gasteiger partial charge in [-0.15, -0.1) is 0 Å². The minimum Gasteiger partial charge on any atom is -0.491 e. The first-order chi connectivity index (χ1) is 10.6. The van der Waals surface area contributed by atoms with Crippen LogP contribution in [-0.2, 0) is 6.54 Å². The molecule has 22 heavy (non-hydrogen) atoms. The van der Waals surface area contributed by atoms with Crippen molar-refractivity contribution in [2.24, 2.45) is 0 Å². The van der Waals surface area contributed by atoms with Gasteiger partial charge in [-0.1, -0.05) is 18.2 Å². The number of aliphatic hydroxyl groups is 1. The highest BCUT2D eigenvalue weighted by Crippen LogP contribution is 2.25. The summed E-state index contributed by atoms with van der Waals surface area (Å²) in [5, 5.41) is 17.9. The van der Waals surface area contributed by atoms with Crippen molar-refractivity contribution in [3.8, 4) is 5.75 Å². The number of hydrogen-bond donors (Lipinski definition) is 2. The van der Waals surface area contributed by atoms with E-state index in [-0.39, 0.29) is 0 Å². The number of aryl methyl sites for hydroxylation is 2. The average Bonchev–Trinajstić information content (AvgIpc) is 3.05. The molecule has 2 heterocycles. The molecule has 118 valence electrons. The number of ether oxygens (including phenoxy) is 1. The minimum atomic E-state index is -0.776. The Bertz CT molecular complexity index is 607. The van der Waals surface area contributed by atoms with Crippen molar-refractivity contribution in [1.82, 2.24) is 15.1 Å². The van der Waals surface area contributed by atoms with E-state index < -0.39 is 5.60 Å². The molecule has 2 aromatic rings. The molecular formula is C17H23N3O2. The standard InChI is InChI=1S/C17H23N3O2/c1-13-16(14(2)19-18-13)10-20-9-8-17(21,11-20)12-22-15-6-4-3-5-7-15/h3-7,21H,8-12H2,1-2H3,(H,18,19)/t17-/m1/s1. The van der Waals surface area contributed by atoms with Gasteiger partial charge in [0.2, 0.25) is 0 Å². The first-order valence-corrected chi connectivity index (χ1v) is 7.69. The Morgan fingerprint density at radius 1 is 1.32 bits per heavy atom. The molecule has 5 heteroatoms. The van der Waals surface area contributed by atoms with E-state index in [0.717, 1.165) is 36.6 Å². The summed E-state index contributed by atoms with van der Waals surface area (Å²) in [7, 11) is 0. The van der Waals surface area contributed by atoms with E-state index >= 15 is 0 Å². The quantitative estimate of drug-likeness (QED) is 0.887. The molecule has 1 aromatic heterocycles. The average molecular weight is 301 g/mol. The molecule has 1 aromatic carbocycles. The molecule has 0 spiro atoms. The lowest BCUT2D eigenvalue weighted by atomic mass is 10.1. The zero-order valence-corrected chi connectivity index (χ0v) is 13.2. The summed E-state index contributed by atoms with van der Waals surface area (Å²) < 4.78 is 5.73. The molecule has 0 radical (unpaired) electrons. The molecule has 0 unspecified atom stereocenters. The zero-order chi connectivity index (χ0) is 15.6. The third-order valence-corrected chi connectivity index (χ3v) is 4.32. The maximum absolute atomic E-state index is 10.7. The van der Waals surface area contributed by atoms with Crippen LogP contribution >= 0.6 is 0 Å². The monoisotopic (exact) mass is 301 g/mol. The van der Waals surface area contributed by atoms with Crippen molar-refractivity contribution in [1.29, 1.82) is 0 Å². The van der Waals surface area contributed by atoms with Gasteiger partial charge in [0.15, 0.2) is 0 Å². The number of aromatic nitrogens is 2. The predicted octanol–water partition coefficient (Wildman–Crippen LogP) is 2.04. The Labute approximate surface area is 130 Å². The first kappa shape index (κ1) is 15.1. The molecule has 1 saturated heterocycles. The highest BCUT2D eigenvalue weighted by Gasteiger charge is 2.37. The molecule has 1 atom stereocenters. The summed E-state index contributed by atoms with van der Waals surface area (Å²) in [5.41, 5.74) is 2.59. The fourth-order valence-electron chi connectivity index (χ4n) is 2.96. The van der Waals surface area contributed by atoms with Gasteiger partial charge in [0.05, 0.1) is 5.69 Å². The summed E-state index contributed by atoms with van der Waals surface area (Å²) in [6.07, 6.45) is 0.732. The maximum atomic E-state index is 10.7. The van der Waals surface area contributed by atoms with Gasteiger partial charge in [-0.2, -0.15) is 5.10 Å². The molecule has 3 rings (SSSR count). The Balaban J connectivity index is 1.57. The molecule has 1 fully saturated rings. The van der Waals surface area contributed by atoms with Gasteiger partial charge in [0, 0.05) is 30.9 Å². The van der Waals surface area contributed by atoms with Crippen molar-refractivity contribution < 1.29 is 9.84 Å². The number of para-hydroxylation sites is 1. The van der Waals surface area contributed by atoms with Crippen LogP contribution in [0, 0.1) is 13.8 Å². The van der Waals surface area contributed by atoms with Gasteiger partial charge < -0.3 is 9.84 Å². The highest BCUT2D eigenvalue weighted by atomic mass is 16.5. The molecule has 1 aliphatic rings. The molecule has 1 aliphatic heterocycles. The van der Waals surface area contributed by atoms with E-state index in [1.165, 1.54) is 5.56 Å². The number of β-amino-alcohol motifs (C(OH)–C–C–N with tert-alkyl or cyclic N) is 1. The maximum Gasteiger partial charge on any atom is 0.119 e. The van der Waals surface area contributed by atoms with Crippen LogP contribution in [0.25, 0.3) is 0 Å². The van der Waals surface area contributed by atoms with Crippen LogP contribution in [0.5, 0.6) is 5.75 Å². The summed E-state index contributed by atoms with van der Waals surface area (Å²) in [6.45, 7) is 6.71. The highest BCUT2D eigenvalue weighted by molar-refractivity contribution is 5.23. The predicted molar refractivity (Wildman–Crippen MR) is 84.8 cm³/mol. The lowest BCUT2D eigenvalue weighted by molar-refractivity contribution is 0.00335. The molecule has 0 bridgehead atoms. The van der Waals surface area contributed by atoms with Crippen LogP contribution in [0.15, 0.2) is 30.3 Å². The van der Waals surface area contributed by atoms with E-state index in [9.17, 15) is 5.11 Å². The Kier molecular flexibility index (Phi) is 4.18. The van der Waals surface area contributed by atoms with Crippen molar-refractivity contribution in [2.45, 2.75) is 32.4 Å². The molecule has 0 aliphatic carbocycles. The number of nitrogens with one attached hydrogen (secondary N) is 1. The molecule has 2 N–H and O–H groups in total. The number of rotatable bonds is 5. The fourth-order valence-corrected chi connectivity index (χ4v) is 2.96. The fraction of sp³-hybridized carbons (Fsp3) is 0.471. The van der Waals surface area contributed by atoms with Crippen molar-refractivity contribution >= 4 is 0 Å². The Morgan fingerprint density at radius 3 is 2.77 bits per heavy atom. The van der Waals surface area contributed by atoms with Crippen molar-refractivity contribution in [3.63, 3.8) is 0 Å².